The second-order valence-electron chi connectivity index (χ2n) is 6.49. The number of methoxy groups -OCH3 is 2. The fourth-order valence-corrected chi connectivity index (χ4v) is 2.53. The van der Waals surface area contributed by atoms with Crippen LogP contribution in [0.3, 0.4) is 0 Å². The molecule has 0 spiro atoms. The first-order chi connectivity index (χ1) is 11.9. The van der Waals surface area contributed by atoms with E-state index in [0.717, 1.165) is 19.4 Å². The lowest BCUT2D eigenvalue weighted by Crippen LogP contribution is -2.47. The molecule has 1 saturated heterocycles. The van der Waals surface area contributed by atoms with Gasteiger partial charge in [-0.3, -0.25) is 9.59 Å². The van der Waals surface area contributed by atoms with Crippen molar-refractivity contribution in [1.29, 1.82) is 0 Å². The number of hydrogen-bond donors (Lipinski definition) is 2. The molecule has 0 saturated carbocycles. The van der Waals surface area contributed by atoms with Gasteiger partial charge in [0.25, 0.3) is 0 Å². The zero-order valence-electron chi connectivity index (χ0n) is 15.2. The van der Waals surface area contributed by atoms with Crippen LogP contribution in [0.2, 0.25) is 0 Å². The molecule has 1 aromatic carbocycles. The molecular formula is C18H26N2O5. The molecule has 0 aliphatic carbocycles. The second kappa shape index (κ2) is 8.20. The molecule has 2 rings (SSSR count). The summed E-state index contributed by atoms with van der Waals surface area (Å²) in [6, 6.07) is 5.07. The van der Waals surface area contributed by atoms with Gasteiger partial charge in [0.05, 0.1) is 26.0 Å². The van der Waals surface area contributed by atoms with Crippen molar-refractivity contribution in [3.8, 4) is 11.5 Å². The van der Waals surface area contributed by atoms with E-state index in [1.807, 2.05) is 0 Å². The van der Waals surface area contributed by atoms with Crippen molar-refractivity contribution < 1.29 is 23.8 Å². The fraction of sp³-hybridized carbons (Fsp3) is 0.556. The van der Waals surface area contributed by atoms with Crippen LogP contribution in [0.25, 0.3) is 0 Å². The van der Waals surface area contributed by atoms with Crippen LogP contribution in [-0.2, 0) is 14.3 Å². The van der Waals surface area contributed by atoms with E-state index < -0.39 is 11.3 Å². The van der Waals surface area contributed by atoms with Gasteiger partial charge in [0, 0.05) is 19.2 Å². The normalized spacial score (nSPS) is 17.0. The van der Waals surface area contributed by atoms with Crippen LogP contribution in [0.4, 0.5) is 5.69 Å². The summed E-state index contributed by atoms with van der Waals surface area (Å²) in [6.45, 7) is 4.30. The molecule has 138 valence electrons. The zero-order valence-corrected chi connectivity index (χ0v) is 15.2. The van der Waals surface area contributed by atoms with E-state index in [1.165, 1.54) is 14.2 Å². The smallest absolute Gasteiger partial charge is 0.239 e. The van der Waals surface area contributed by atoms with Crippen molar-refractivity contribution in [1.82, 2.24) is 5.32 Å². The molecule has 1 aliphatic heterocycles. The summed E-state index contributed by atoms with van der Waals surface area (Å²) in [5.41, 5.74) is -0.793. The molecule has 1 fully saturated rings. The Hall–Kier alpha value is -2.28. The zero-order chi connectivity index (χ0) is 18.4. The Morgan fingerprint density at radius 1 is 1.24 bits per heavy atom. The van der Waals surface area contributed by atoms with Crippen LogP contribution < -0.4 is 20.1 Å². The van der Waals surface area contributed by atoms with Crippen LogP contribution in [0.15, 0.2) is 18.2 Å². The topological polar surface area (TPSA) is 85.9 Å². The largest absolute Gasteiger partial charge is 0.497 e. The van der Waals surface area contributed by atoms with Gasteiger partial charge in [-0.15, -0.1) is 0 Å². The first-order valence-corrected chi connectivity index (χ1v) is 8.32. The number of amides is 2. The predicted octanol–water partition coefficient (Wildman–Crippen LogP) is 1.96. The number of benzene rings is 1. The number of rotatable bonds is 7. The van der Waals surface area contributed by atoms with Crippen LogP contribution in [0.5, 0.6) is 11.5 Å². The Bertz CT molecular complexity index is 624. The van der Waals surface area contributed by atoms with Gasteiger partial charge in [-0.05, 0) is 38.8 Å². The second-order valence-corrected chi connectivity index (χ2v) is 6.49. The fourth-order valence-electron chi connectivity index (χ4n) is 2.53. The molecule has 0 aromatic heterocycles. The number of carbonyl (C=O) groups is 2. The molecule has 0 radical (unpaired) electrons. The molecule has 25 heavy (non-hydrogen) atoms. The van der Waals surface area contributed by atoms with Crippen LogP contribution in [0, 0.1) is 5.41 Å². The first-order valence-electron chi connectivity index (χ1n) is 8.32. The maximum Gasteiger partial charge on any atom is 0.239 e. The van der Waals surface area contributed by atoms with Crippen molar-refractivity contribution in [3.05, 3.63) is 18.2 Å². The molecular weight excluding hydrogens is 324 g/mol. The lowest BCUT2D eigenvalue weighted by Gasteiger charge is -2.24. The maximum absolute atomic E-state index is 12.6. The quantitative estimate of drug-likeness (QED) is 0.734. The predicted molar refractivity (Wildman–Crippen MR) is 93.9 cm³/mol. The third kappa shape index (κ3) is 4.63. The summed E-state index contributed by atoms with van der Waals surface area (Å²) in [4.78, 5) is 25.1. The Labute approximate surface area is 148 Å². The molecule has 1 aromatic rings. The number of anilines is 1. The third-order valence-corrected chi connectivity index (χ3v) is 4.30. The Morgan fingerprint density at radius 2 is 2.00 bits per heavy atom. The van der Waals surface area contributed by atoms with E-state index in [9.17, 15) is 9.59 Å². The van der Waals surface area contributed by atoms with Gasteiger partial charge in [0.15, 0.2) is 0 Å². The van der Waals surface area contributed by atoms with Gasteiger partial charge in [-0.1, -0.05) is 0 Å². The minimum Gasteiger partial charge on any atom is -0.497 e. The highest BCUT2D eigenvalue weighted by Gasteiger charge is 2.37. The van der Waals surface area contributed by atoms with E-state index in [4.69, 9.17) is 14.2 Å². The minimum absolute atomic E-state index is 0.0290. The van der Waals surface area contributed by atoms with Gasteiger partial charge in [-0.2, -0.15) is 0 Å². The number of carbonyl (C=O) groups excluding carboxylic acids is 2. The molecule has 7 nitrogen and oxygen atoms in total. The number of ether oxygens (including phenoxy) is 3. The monoisotopic (exact) mass is 350 g/mol. The molecule has 7 heteroatoms. The summed E-state index contributed by atoms with van der Waals surface area (Å²) in [7, 11) is 3.05. The van der Waals surface area contributed by atoms with E-state index in [1.54, 1.807) is 32.0 Å². The standard InChI is InChI=1S/C18H26N2O5/c1-18(2,16(21)19-11-13-6-5-9-25-13)17(22)20-14-10-12(23-3)7-8-15(14)24-4/h7-8,10,13H,5-6,9,11H2,1-4H3,(H,19,21)(H,20,22). The molecule has 2 amide bonds. The highest BCUT2D eigenvalue weighted by molar-refractivity contribution is 6.10. The van der Waals surface area contributed by atoms with Gasteiger partial charge in [0.1, 0.15) is 16.9 Å². The van der Waals surface area contributed by atoms with Crippen molar-refractivity contribution in [2.45, 2.75) is 32.8 Å². The van der Waals surface area contributed by atoms with Gasteiger partial charge in [0.2, 0.25) is 11.8 Å². The van der Waals surface area contributed by atoms with E-state index in [2.05, 4.69) is 10.6 Å². The summed E-state index contributed by atoms with van der Waals surface area (Å²) in [6.07, 6.45) is 1.95. The molecule has 1 aliphatic rings. The Morgan fingerprint density at radius 3 is 2.60 bits per heavy atom. The lowest BCUT2D eigenvalue weighted by molar-refractivity contribution is -0.138. The van der Waals surface area contributed by atoms with Crippen LogP contribution in [-0.4, -0.2) is 45.3 Å². The highest BCUT2D eigenvalue weighted by Crippen LogP contribution is 2.30. The summed E-state index contributed by atoms with van der Waals surface area (Å²) in [5.74, 6) is 0.299. The minimum atomic E-state index is -1.24. The van der Waals surface area contributed by atoms with Crippen LogP contribution >= 0.6 is 0 Å². The average Bonchev–Trinajstić information content (AvgIpc) is 3.12. The van der Waals surface area contributed by atoms with Crippen molar-refractivity contribution >= 4 is 17.5 Å². The molecule has 2 N–H and O–H groups in total. The third-order valence-electron chi connectivity index (χ3n) is 4.30. The lowest BCUT2D eigenvalue weighted by atomic mass is 9.90. The van der Waals surface area contributed by atoms with E-state index >= 15 is 0 Å². The van der Waals surface area contributed by atoms with Crippen molar-refractivity contribution in [2.75, 3.05) is 32.7 Å². The maximum atomic E-state index is 12.6. The number of nitrogens with one attached hydrogen (secondary N) is 2. The SMILES string of the molecule is COc1ccc(OC)c(NC(=O)C(C)(C)C(=O)NCC2CCCO2)c1. The summed E-state index contributed by atoms with van der Waals surface area (Å²) >= 11 is 0. The summed E-state index contributed by atoms with van der Waals surface area (Å²) in [5, 5.41) is 5.55. The number of hydrogen-bond acceptors (Lipinski definition) is 5. The van der Waals surface area contributed by atoms with E-state index in [-0.39, 0.29) is 12.0 Å². The molecule has 1 atom stereocenters. The van der Waals surface area contributed by atoms with Gasteiger partial charge in [-0.25, -0.2) is 0 Å². The van der Waals surface area contributed by atoms with E-state index in [0.29, 0.717) is 23.7 Å². The molecule has 0 bridgehead atoms. The average molecular weight is 350 g/mol. The summed E-state index contributed by atoms with van der Waals surface area (Å²) < 4.78 is 15.9. The first kappa shape index (κ1) is 19.1. The highest BCUT2D eigenvalue weighted by atomic mass is 16.5. The Balaban J connectivity index is 2.03. The Kier molecular flexibility index (Phi) is 6.25. The van der Waals surface area contributed by atoms with Crippen molar-refractivity contribution in [3.63, 3.8) is 0 Å². The van der Waals surface area contributed by atoms with Crippen molar-refractivity contribution in [2.24, 2.45) is 5.41 Å². The van der Waals surface area contributed by atoms with Gasteiger partial charge >= 0.3 is 0 Å². The molecule has 1 heterocycles. The molecule has 1 unspecified atom stereocenters. The van der Waals surface area contributed by atoms with Crippen LogP contribution in [0.1, 0.15) is 26.7 Å². The van der Waals surface area contributed by atoms with Gasteiger partial charge < -0.3 is 24.8 Å².